The number of ether oxygens (including phenoxy) is 1. The van der Waals surface area contributed by atoms with E-state index in [9.17, 15) is 4.79 Å². The Hall–Kier alpha value is -2.33. The van der Waals surface area contributed by atoms with Crippen molar-refractivity contribution in [2.24, 2.45) is 5.73 Å². The third kappa shape index (κ3) is 3.61. The van der Waals surface area contributed by atoms with Gasteiger partial charge in [-0.05, 0) is 36.1 Å². The van der Waals surface area contributed by atoms with Crippen LogP contribution in [-0.4, -0.2) is 11.2 Å². The van der Waals surface area contributed by atoms with Crippen molar-refractivity contribution < 1.29 is 14.6 Å². The monoisotopic (exact) mass is 285 g/mol. The molecule has 0 bridgehead atoms. The first-order valence-corrected chi connectivity index (χ1v) is 6.71. The average Bonchev–Trinajstić information content (AvgIpc) is 2.46. The van der Waals surface area contributed by atoms with Gasteiger partial charge in [-0.15, -0.1) is 0 Å². The van der Waals surface area contributed by atoms with E-state index in [0.29, 0.717) is 0 Å². The van der Waals surface area contributed by atoms with Crippen LogP contribution in [0.4, 0.5) is 4.79 Å². The molecule has 0 aromatic heterocycles. The lowest BCUT2D eigenvalue weighted by Gasteiger charge is -2.24. The number of amides is 1. The second-order valence-electron chi connectivity index (χ2n) is 5.36. The van der Waals surface area contributed by atoms with Gasteiger partial charge in [-0.2, -0.15) is 0 Å². The van der Waals surface area contributed by atoms with Gasteiger partial charge in [0.15, 0.2) is 0 Å². The van der Waals surface area contributed by atoms with E-state index in [1.54, 1.807) is 13.8 Å². The van der Waals surface area contributed by atoms with Crippen LogP contribution in [0.5, 0.6) is 0 Å². The molecule has 0 radical (unpaired) electrons. The molecule has 0 heterocycles. The SMILES string of the molecule is CC(C)(OC(N)=O)c1ccc(-c2ccc(CO)cc2)cc1. The lowest BCUT2D eigenvalue weighted by molar-refractivity contribution is 0.0432. The van der Waals surface area contributed by atoms with Crippen LogP contribution in [0.15, 0.2) is 48.5 Å². The molecule has 4 heteroatoms. The molecule has 0 saturated carbocycles. The van der Waals surface area contributed by atoms with Crippen molar-refractivity contribution in [3.63, 3.8) is 0 Å². The lowest BCUT2D eigenvalue weighted by atomic mass is 9.95. The fraction of sp³-hybridized carbons (Fsp3) is 0.235. The number of benzene rings is 2. The average molecular weight is 285 g/mol. The molecule has 3 N–H and O–H groups in total. The Kier molecular flexibility index (Phi) is 4.29. The van der Waals surface area contributed by atoms with Crippen LogP contribution in [0.3, 0.4) is 0 Å². The molecule has 0 spiro atoms. The number of hydrogen-bond donors (Lipinski definition) is 2. The van der Waals surface area contributed by atoms with Gasteiger partial charge in [0.05, 0.1) is 6.61 Å². The van der Waals surface area contributed by atoms with Crippen LogP contribution in [0.25, 0.3) is 11.1 Å². The summed E-state index contributed by atoms with van der Waals surface area (Å²) >= 11 is 0. The number of carbonyl (C=O) groups is 1. The van der Waals surface area contributed by atoms with Gasteiger partial charge in [0.1, 0.15) is 5.60 Å². The standard InChI is InChI=1S/C17H19NO3/c1-17(2,21-16(18)20)15-9-7-14(8-10-15)13-5-3-12(11-19)4-6-13/h3-10,19H,11H2,1-2H3,(H2,18,20). The van der Waals surface area contributed by atoms with Gasteiger partial charge in [-0.1, -0.05) is 48.5 Å². The van der Waals surface area contributed by atoms with E-state index in [4.69, 9.17) is 15.6 Å². The summed E-state index contributed by atoms with van der Waals surface area (Å²) in [6.07, 6.45) is -0.788. The van der Waals surface area contributed by atoms with Crippen LogP contribution in [-0.2, 0) is 16.9 Å². The number of rotatable bonds is 4. The van der Waals surface area contributed by atoms with Gasteiger partial charge in [0.2, 0.25) is 0 Å². The molecule has 21 heavy (non-hydrogen) atoms. The summed E-state index contributed by atoms with van der Waals surface area (Å²) in [7, 11) is 0. The van der Waals surface area contributed by atoms with Crippen LogP contribution < -0.4 is 5.73 Å². The molecule has 0 fully saturated rings. The highest BCUT2D eigenvalue weighted by molar-refractivity contribution is 5.66. The van der Waals surface area contributed by atoms with Gasteiger partial charge in [-0.25, -0.2) is 4.79 Å². The maximum atomic E-state index is 10.9. The molecule has 0 aliphatic rings. The summed E-state index contributed by atoms with van der Waals surface area (Å²) in [5.74, 6) is 0. The Labute approximate surface area is 124 Å². The van der Waals surface area contributed by atoms with Crippen molar-refractivity contribution in [2.75, 3.05) is 0 Å². The Balaban J connectivity index is 2.23. The van der Waals surface area contributed by atoms with E-state index in [0.717, 1.165) is 22.3 Å². The molecule has 0 unspecified atom stereocenters. The number of primary amides is 1. The molecule has 4 nitrogen and oxygen atoms in total. The predicted octanol–water partition coefficient (Wildman–Crippen LogP) is 3.18. The second kappa shape index (κ2) is 5.97. The maximum absolute atomic E-state index is 10.9. The molecular weight excluding hydrogens is 266 g/mol. The van der Waals surface area contributed by atoms with Crippen LogP contribution in [0.1, 0.15) is 25.0 Å². The quantitative estimate of drug-likeness (QED) is 0.906. The minimum Gasteiger partial charge on any atom is -0.439 e. The molecule has 110 valence electrons. The molecule has 2 aromatic carbocycles. The summed E-state index contributed by atoms with van der Waals surface area (Å²) in [5.41, 5.74) is 8.19. The summed E-state index contributed by atoms with van der Waals surface area (Å²) in [4.78, 5) is 10.9. The minimum absolute atomic E-state index is 0.0395. The zero-order valence-electron chi connectivity index (χ0n) is 12.2. The van der Waals surface area contributed by atoms with E-state index in [1.165, 1.54) is 0 Å². The fourth-order valence-electron chi connectivity index (χ4n) is 2.18. The Bertz CT molecular complexity index is 615. The van der Waals surface area contributed by atoms with Crippen molar-refractivity contribution in [3.8, 4) is 11.1 Å². The molecule has 0 saturated heterocycles. The molecule has 0 atom stereocenters. The topological polar surface area (TPSA) is 72.5 Å². The smallest absolute Gasteiger partial charge is 0.405 e. The first-order chi connectivity index (χ1) is 9.92. The summed E-state index contributed by atoms with van der Waals surface area (Å²) < 4.78 is 5.11. The molecular formula is C17H19NO3. The number of aliphatic hydroxyl groups excluding tert-OH is 1. The largest absolute Gasteiger partial charge is 0.439 e. The van der Waals surface area contributed by atoms with Gasteiger partial charge < -0.3 is 15.6 Å². The number of nitrogens with two attached hydrogens (primary N) is 1. The highest BCUT2D eigenvalue weighted by atomic mass is 16.6. The van der Waals surface area contributed by atoms with Gasteiger partial charge in [0.25, 0.3) is 0 Å². The third-order valence-corrected chi connectivity index (χ3v) is 3.41. The van der Waals surface area contributed by atoms with Crippen LogP contribution >= 0.6 is 0 Å². The first kappa shape index (κ1) is 15.1. The van der Waals surface area contributed by atoms with E-state index < -0.39 is 11.7 Å². The summed E-state index contributed by atoms with van der Waals surface area (Å²) in [5, 5.41) is 9.05. The van der Waals surface area contributed by atoms with Crippen molar-refractivity contribution in [1.82, 2.24) is 0 Å². The van der Waals surface area contributed by atoms with Crippen molar-refractivity contribution in [3.05, 3.63) is 59.7 Å². The highest BCUT2D eigenvalue weighted by Gasteiger charge is 2.24. The van der Waals surface area contributed by atoms with Crippen molar-refractivity contribution in [1.29, 1.82) is 0 Å². The molecule has 0 aliphatic carbocycles. The Morgan fingerprint density at radius 3 is 1.95 bits per heavy atom. The van der Waals surface area contributed by atoms with Crippen molar-refractivity contribution in [2.45, 2.75) is 26.1 Å². The molecule has 2 aromatic rings. The highest BCUT2D eigenvalue weighted by Crippen LogP contribution is 2.27. The van der Waals surface area contributed by atoms with Crippen molar-refractivity contribution >= 4 is 6.09 Å². The zero-order valence-corrected chi connectivity index (χ0v) is 12.2. The normalized spacial score (nSPS) is 11.2. The van der Waals surface area contributed by atoms with Crippen LogP contribution in [0.2, 0.25) is 0 Å². The Morgan fingerprint density at radius 1 is 1.05 bits per heavy atom. The number of carbonyl (C=O) groups excluding carboxylic acids is 1. The van der Waals surface area contributed by atoms with E-state index in [2.05, 4.69) is 0 Å². The lowest BCUT2D eigenvalue weighted by Crippen LogP contribution is -2.28. The summed E-state index contributed by atoms with van der Waals surface area (Å²) in [6.45, 7) is 3.63. The van der Waals surface area contributed by atoms with E-state index in [1.807, 2.05) is 48.5 Å². The molecule has 1 amide bonds. The zero-order chi connectivity index (χ0) is 15.5. The number of hydrogen-bond acceptors (Lipinski definition) is 3. The second-order valence-corrected chi connectivity index (χ2v) is 5.36. The first-order valence-electron chi connectivity index (χ1n) is 6.71. The van der Waals surface area contributed by atoms with Gasteiger partial charge >= 0.3 is 6.09 Å². The number of aliphatic hydroxyl groups is 1. The van der Waals surface area contributed by atoms with Crippen LogP contribution in [0, 0.1) is 0 Å². The molecule has 2 rings (SSSR count). The third-order valence-electron chi connectivity index (χ3n) is 3.41. The fourth-order valence-corrected chi connectivity index (χ4v) is 2.18. The maximum Gasteiger partial charge on any atom is 0.405 e. The Morgan fingerprint density at radius 2 is 1.52 bits per heavy atom. The minimum atomic E-state index is -0.788. The van der Waals surface area contributed by atoms with Gasteiger partial charge in [-0.3, -0.25) is 0 Å². The summed E-state index contributed by atoms with van der Waals surface area (Å²) in [6, 6.07) is 15.5. The van der Waals surface area contributed by atoms with E-state index >= 15 is 0 Å². The van der Waals surface area contributed by atoms with Gasteiger partial charge in [0, 0.05) is 0 Å². The predicted molar refractivity (Wildman–Crippen MR) is 81.5 cm³/mol. The molecule has 0 aliphatic heterocycles. The van der Waals surface area contributed by atoms with E-state index in [-0.39, 0.29) is 6.61 Å².